The molecule has 4 heteroatoms. The van der Waals surface area contributed by atoms with Crippen molar-refractivity contribution >= 4 is 29.4 Å². The standard InChI is InChI=1S/C18H18N2OS/c1-14-11-13-20(16-7-2-3-8-17(16)22-14)18(21)10-9-15-6-4-5-12-19-15/h2-10,12,14H,11,13H2,1H3/b10-9+. The van der Waals surface area contributed by atoms with Gasteiger partial charge in [0.25, 0.3) is 5.91 Å². The molecule has 1 aliphatic rings. The molecule has 1 aromatic carbocycles. The second-order valence-electron chi connectivity index (χ2n) is 5.26. The van der Waals surface area contributed by atoms with Gasteiger partial charge >= 0.3 is 0 Å². The lowest BCUT2D eigenvalue weighted by molar-refractivity contribution is -0.114. The number of rotatable bonds is 2. The fraction of sp³-hybridized carbons (Fsp3) is 0.222. The third-order valence-corrected chi connectivity index (χ3v) is 4.83. The van der Waals surface area contributed by atoms with Crippen LogP contribution in [0.15, 0.2) is 59.6 Å². The molecule has 0 fully saturated rings. The van der Waals surface area contributed by atoms with Crippen molar-refractivity contribution in [2.45, 2.75) is 23.5 Å². The van der Waals surface area contributed by atoms with E-state index < -0.39 is 0 Å². The summed E-state index contributed by atoms with van der Waals surface area (Å²) >= 11 is 1.84. The summed E-state index contributed by atoms with van der Waals surface area (Å²) in [4.78, 5) is 19.8. The Morgan fingerprint density at radius 2 is 2.09 bits per heavy atom. The molecule has 1 aromatic heterocycles. The summed E-state index contributed by atoms with van der Waals surface area (Å²) in [5, 5.41) is 0.513. The third-order valence-electron chi connectivity index (χ3n) is 3.59. The number of benzene rings is 1. The quantitative estimate of drug-likeness (QED) is 0.786. The molecule has 1 amide bonds. The van der Waals surface area contributed by atoms with Gasteiger partial charge in [0.2, 0.25) is 0 Å². The number of para-hydroxylation sites is 1. The van der Waals surface area contributed by atoms with Crippen LogP contribution in [0.25, 0.3) is 6.08 Å². The predicted molar refractivity (Wildman–Crippen MR) is 92.0 cm³/mol. The van der Waals surface area contributed by atoms with E-state index in [2.05, 4.69) is 18.0 Å². The van der Waals surface area contributed by atoms with Crippen LogP contribution >= 0.6 is 11.8 Å². The monoisotopic (exact) mass is 310 g/mol. The highest BCUT2D eigenvalue weighted by Crippen LogP contribution is 2.37. The minimum Gasteiger partial charge on any atom is -0.308 e. The van der Waals surface area contributed by atoms with Crippen molar-refractivity contribution in [2.75, 3.05) is 11.4 Å². The highest BCUT2D eigenvalue weighted by Gasteiger charge is 2.22. The average molecular weight is 310 g/mol. The largest absolute Gasteiger partial charge is 0.308 e. The van der Waals surface area contributed by atoms with E-state index in [-0.39, 0.29) is 5.91 Å². The molecule has 0 saturated carbocycles. The molecule has 1 unspecified atom stereocenters. The van der Waals surface area contributed by atoms with E-state index >= 15 is 0 Å². The molecule has 2 aromatic rings. The van der Waals surface area contributed by atoms with Crippen molar-refractivity contribution in [1.29, 1.82) is 0 Å². The number of anilines is 1. The summed E-state index contributed by atoms with van der Waals surface area (Å²) < 4.78 is 0. The maximum Gasteiger partial charge on any atom is 0.251 e. The number of pyridine rings is 1. The number of thioether (sulfide) groups is 1. The zero-order valence-corrected chi connectivity index (χ0v) is 13.3. The summed E-state index contributed by atoms with van der Waals surface area (Å²) in [6, 6.07) is 13.8. The van der Waals surface area contributed by atoms with Crippen LogP contribution in [-0.2, 0) is 4.79 Å². The molecule has 112 valence electrons. The first-order valence-corrected chi connectivity index (χ1v) is 8.28. The van der Waals surface area contributed by atoms with Crippen molar-refractivity contribution in [3.63, 3.8) is 0 Å². The van der Waals surface area contributed by atoms with Crippen LogP contribution in [0.5, 0.6) is 0 Å². The van der Waals surface area contributed by atoms with Crippen LogP contribution in [0.4, 0.5) is 5.69 Å². The van der Waals surface area contributed by atoms with Crippen LogP contribution in [-0.4, -0.2) is 22.7 Å². The molecule has 1 aliphatic heterocycles. The summed E-state index contributed by atoms with van der Waals surface area (Å²) in [6.07, 6.45) is 6.10. The first kappa shape index (κ1) is 14.9. The Balaban J connectivity index is 1.84. The Bertz CT molecular complexity index is 684. The number of hydrogen-bond acceptors (Lipinski definition) is 3. The molecule has 0 spiro atoms. The SMILES string of the molecule is CC1CCN(C(=O)/C=C/c2ccccn2)c2ccccc2S1. The van der Waals surface area contributed by atoms with Crippen LogP contribution in [0.2, 0.25) is 0 Å². The van der Waals surface area contributed by atoms with Gasteiger partial charge in [0, 0.05) is 29.0 Å². The van der Waals surface area contributed by atoms with E-state index in [1.165, 1.54) is 4.90 Å². The second kappa shape index (κ2) is 6.79. The molecule has 0 saturated heterocycles. The first-order valence-electron chi connectivity index (χ1n) is 7.40. The number of aromatic nitrogens is 1. The minimum atomic E-state index is 0.00723. The Morgan fingerprint density at radius 3 is 2.91 bits per heavy atom. The molecule has 0 aliphatic carbocycles. The second-order valence-corrected chi connectivity index (χ2v) is 6.74. The number of fused-ring (bicyclic) bond motifs is 1. The van der Waals surface area contributed by atoms with Gasteiger partial charge in [-0.15, -0.1) is 11.8 Å². The van der Waals surface area contributed by atoms with Gasteiger partial charge in [-0.25, -0.2) is 0 Å². The Labute approximate surface area is 135 Å². The molecule has 1 atom stereocenters. The molecule has 22 heavy (non-hydrogen) atoms. The van der Waals surface area contributed by atoms with E-state index in [0.717, 1.165) is 24.3 Å². The smallest absolute Gasteiger partial charge is 0.251 e. The summed E-state index contributed by atoms with van der Waals surface area (Å²) in [7, 11) is 0. The predicted octanol–water partition coefficient (Wildman–Crippen LogP) is 4.01. The Kier molecular flexibility index (Phi) is 4.59. The van der Waals surface area contributed by atoms with E-state index in [0.29, 0.717) is 5.25 Å². The van der Waals surface area contributed by atoms with Crippen molar-refractivity contribution in [1.82, 2.24) is 4.98 Å². The summed E-state index contributed by atoms with van der Waals surface area (Å²) in [5.74, 6) is 0.00723. The fourth-order valence-electron chi connectivity index (χ4n) is 2.44. The van der Waals surface area contributed by atoms with Crippen molar-refractivity contribution in [3.05, 3.63) is 60.4 Å². The molecule has 0 N–H and O–H groups in total. The maximum absolute atomic E-state index is 12.6. The lowest BCUT2D eigenvalue weighted by Gasteiger charge is -2.20. The van der Waals surface area contributed by atoms with E-state index in [1.54, 1.807) is 18.3 Å². The zero-order valence-electron chi connectivity index (χ0n) is 12.5. The van der Waals surface area contributed by atoms with Crippen molar-refractivity contribution < 1.29 is 4.79 Å². The number of carbonyl (C=O) groups excluding carboxylic acids is 1. The minimum absolute atomic E-state index is 0.00723. The normalized spacial score (nSPS) is 18.0. The van der Waals surface area contributed by atoms with E-state index in [4.69, 9.17) is 0 Å². The molecule has 0 radical (unpaired) electrons. The first-order chi connectivity index (χ1) is 10.7. The average Bonchev–Trinajstić information content (AvgIpc) is 2.72. The molecule has 3 rings (SSSR count). The van der Waals surface area contributed by atoms with E-state index in [9.17, 15) is 4.79 Å². The lowest BCUT2D eigenvalue weighted by Crippen LogP contribution is -2.30. The highest BCUT2D eigenvalue weighted by molar-refractivity contribution is 8.00. The molecule has 2 heterocycles. The van der Waals surface area contributed by atoms with Gasteiger partial charge in [-0.3, -0.25) is 9.78 Å². The topological polar surface area (TPSA) is 33.2 Å². The van der Waals surface area contributed by atoms with Crippen molar-refractivity contribution in [2.24, 2.45) is 0 Å². The van der Waals surface area contributed by atoms with Gasteiger partial charge in [0.05, 0.1) is 11.4 Å². The molecular formula is C18H18N2OS. The Hall–Kier alpha value is -2.07. The van der Waals surface area contributed by atoms with Crippen molar-refractivity contribution in [3.8, 4) is 0 Å². The third kappa shape index (κ3) is 3.39. The highest BCUT2D eigenvalue weighted by atomic mass is 32.2. The van der Waals surface area contributed by atoms with Gasteiger partial charge in [0.15, 0.2) is 0 Å². The van der Waals surface area contributed by atoms with Gasteiger partial charge < -0.3 is 4.90 Å². The molecule has 3 nitrogen and oxygen atoms in total. The summed E-state index contributed by atoms with van der Waals surface area (Å²) in [5.41, 5.74) is 1.80. The van der Waals surface area contributed by atoms with Gasteiger partial charge in [-0.1, -0.05) is 25.1 Å². The van der Waals surface area contributed by atoms with Gasteiger partial charge in [-0.2, -0.15) is 0 Å². The number of carbonyl (C=O) groups is 1. The zero-order chi connectivity index (χ0) is 15.4. The number of nitrogens with zero attached hydrogens (tertiary/aromatic N) is 2. The van der Waals surface area contributed by atoms with E-state index in [1.807, 2.05) is 53.1 Å². The molecule has 0 bridgehead atoms. The van der Waals surface area contributed by atoms with Crippen LogP contribution in [0, 0.1) is 0 Å². The Morgan fingerprint density at radius 1 is 1.27 bits per heavy atom. The maximum atomic E-state index is 12.6. The van der Waals surface area contributed by atoms with Gasteiger partial charge in [-0.05, 0) is 36.8 Å². The fourth-order valence-corrected chi connectivity index (χ4v) is 3.55. The number of amides is 1. The van der Waals surface area contributed by atoms with Gasteiger partial charge in [0.1, 0.15) is 0 Å². The van der Waals surface area contributed by atoms with Crippen LogP contribution in [0.3, 0.4) is 0 Å². The number of hydrogen-bond donors (Lipinski definition) is 0. The molecular weight excluding hydrogens is 292 g/mol. The van der Waals surface area contributed by atoms with Crippen LogP contribution < -0.4 is 4.90 Å². The van der Waals surface area contributed by atoms with Crippen LogP contribution in [0.1, 0.15) is 19.0 Å². The lowest BCUT2D eigenvalue weighted by atomic mass is 10.2. The summed E-state index contributed by atoms with van der Waals surface area (Å²) in [6.45, 7) is 2.95.